The third-order valence-corrected chi connectivity index (χ3v) is 3.55. The van der Waals surface area contributed by atoms with E-state index in [4.69, 9.17) is 22.1 Å². The van der Waals surface area contributed by atoms with Gasteiger partial charge in [-0.15, -0.1) is 0 Å². The number of nitrogens with two attached hydrogens (primary N) is 1. The normalized spacial score (nSPS) is 12.6. The molecule has 1 unspecified atom stereocenters. The summed E-state index contributed by atoms with van der Waals surface area (Å²) in [6, 6.07) is 1.92. The Morgan fingerprint density at radius 1 is 1.44 bits per heavy atom. The van der Waals surface area contributed by atoms with Gasteiger partial charge in [0.1, 0.15) is 5.75 Å². The highest BCUT2D eigenvalue weighted by atomic mass is 35.5. The lowest BCUT2D eigenvalue weighted by Crippen LogP contribution is -2.21. The van der Waals surface area contributed by atoms with E-state index in [0.29, 0.717) is 19.6 Å². The summed E-state index contributed by atoms with van der Waals surface area (Å²) < 4.78 is 5.71. The molecule has 0 spiro atoms. The van der Waals surface area contributed by atoms with Crippen LogP contribution in [0, 0.1) is 19.8 Å². The highest BCUT2D eigenvalue weighted by Crippen LogP contribution is 2.33. The summed E-state index contributed by atoms with van der Waals surface area (Å²) in [5.74, 6) is 0.923. The van der Waals surface area contributed by atoms with Crippen LogP contribution in [-0.4, -0.2) is 24.9 Å². The molecule has 0 fully saturated rings. The van der Waals surface area contributed by atoms with Gasteiger partial charge in [-0.05, 0) is 62.4 Å². The molecular weight excluding hydrogens is 250 g/mol. The van der Waals surface area contributed by atoms with E-state index in [1.165, 1.54) is 0 Å². The maximum Gasteiger partial charge on any atom is 0.125 e. The van der Waals surface area contributed by atoms with Crippen molar-refractivity contribution in [3.8, 4) is 5.75 Å². The molecule has 0 aliphatic carbocycles. The van der Waals surface area contributed by atoms with Crippen molar-refractivity contribution in [3.63, 3.8) is 0 Å². The van der Waals surface area contributed by atoms with E-state index in [9.17, 15) is 5.11 Å². The molecule has 18 heavy (non-hydrogen) atoms. The summed E-state index contributed by atoms with van der Waals surface area (Å²) in [4.78, 5) is 0. The maximum absolute atomic E-state index is 9.28. The quantitative estimate of drug-likeness (QED) is 0.836. The minimum atomic E-state index is 0.0424. The summed E-state index contributed by atoms with van der Waals surface area (Å²) in [6.45, 7) is 7.06. The zero-order valence-corrected chi connectivity index (χ0v) is 12.0. The van der Waals surface area contributed by atoms with Gasteiger partial charge in [0.05, 0.1) is 6.61 Å². The van der Waals surface area contributed by atoms with Crippen molar-refractivity contribution in [1.82, 2.24) is 0 Å². The Morgan fingerprint density at radius 3 is 2.61 bits per heavy atom. The van der Waals surface area contributed by atoms with Crippen molar-refractivity contribution >= 4 is 11.6 Å². The molecule has 0 amide bonds. The molecule has 0 radical (unpaired) electrons. The van der Waals surface area contributed by atoms with Gasteiger partial charge in [0.25, 0.3) is 0 Å². The zero-order chi connectivity index (χ0) is 13.7. The molecule has 0 aromatic heterocycles. The molecule has 1 rings (SSSR count). The largest absolute Gasteiger partial charge is 0.493 e. The number of ether oxygens (including phenoxy) is 1. The number of benzene rings is 1. The van der Waals surface area contributed by atoms with Crippen molar-refractivity contribution in [2.75, 3.05) is 19.8 Å². The highest BCUT2D eigenvalue weighted by molar-refractivity contribution is 6.31. The number of halogens is 1. The summed E-state index contributed by atoms with van der Waals surface area (Å²) in [7, 11) is 0. The summed E-state index contributed by atoms with van der Waals surface area (Å²) in [6.07, 6.45) is 0.690. The topological polar surface area (TPSA) is 55.5 Å². The molecule has 0 saturated heterocycles. The van der Waals surface area contributed by atoms with Crippen LogP contribution in [0.5, 0.6) is 5.75 Å². The first-order valence-corrected chi connectivity index (χ1v) is 6.65. The number of aryl methyl sites for hydroxylation is 1. The van der Waals surface area contributed by atoms with Gasteiger partial charge < -0.3 is 15.6 Å². The van der Waals surface area contributed by atoms with Crippen LogP contribution in [-0.2, 0) is 6.42 Å². The second kappa shape index (κ2) is 6.98. The van der Waals surface area contributed by atoms with Crippen molar-refractivity contribution in [1.29, 1.82) is 0 Å². The Bertz CT molecular complexity index is 403. The monoisotopic (exact) mass is 271 g/mol. The first kappa shape index (κ1) is 15.3. The van der Waals surface area contributed by atoms with Crippen LogP contribution in [0.15, 0.2) is 6.07 Å². The standard InChI is InChI=1S/C14H22ClNO2/c1-4-18-14-9(2)5-13(15)10(3)12(14)6-11(7-16)8-17/h5,11,17H,4,6-8,16H2,1-3H3. The molecule has 0 saturated carbocycles. The summed E-state index contributed by atoms with van der Waals surface area (Å²) in [5.41, 5.74) is 8.74. The third-order valence-electron chi connectivity index (χ3n) is 3.16. The van der Waals surface area contributed by atoms with Gasteiger partial charge in [0.15, 0.2) is 0 Å². The van der Waals surface area contributed by atoms with Crippen molar-refractivity contribution < 1.29 is 9.84 Å². The summed E-state index contributed by atoms with van der Waals surface area (Å²) >= 11 is 6.21. The van der Waals surface area contributed by atoms with Gasteiger partial charge in [-0.25, -0.2) is 0 Å². The molecule has 3 nitrogen and oxygen atoms in total. The molecule has 0 bridgehead atoms. The van der Waals surface area contributed by atoms with Gasteiger partial charge in [0, 0.05) is 11.6 Å². The second-order valence-electron chi connectivity index (χ2n) is 4.53. The van der Waals surface area contributed by atoms with E-state index in [2.05, 4.69) is 0 Å². The number of aliphatic hydroxyl groups excluding tert-OH is 1. The van der Waals surface area contributed by atoms with Crippen LogP contribution in [0.2, 0.25) is 5.02 Å². The van der Waals surface area contributed by atoms with E-state index in [-0.39, 0.29) is 12.5 Å². The van der Waals surface area contributed by atoms with E-state index in [1.807, 2.05) is 26.8 Å². The average Bonchev–Trinajstić information content (AvgIpc) is 2.36. The molecule has 4 heteroatoms. The fraction of sp³-hybridized carbons (Fsp3) is 0.571. The third kappa shape index (κ3) is 3.37. The molecule has 0 aliphatic heterocycles. The van der Waals surface area contributed by atoms with Crippen LogP contribution < -0.4 is 10.5 Å². The second-order valence-corrected chi connectivity index (χ2v) is 4.94. The van der Waals surface area contributed by atoms with Crippen molar-refractivity contribution in [3.05, 3.63) is 27.8 Å². The Labute approximate surface area is 114 Å². The lowest BCUT2D eigenvalue weighted by molar-refractivity contribution is 0.228. The van der Waals surface area contributed by atoms with Gasteiger partial charge in [0.2, 0.25) is 0 Å². The Hall–Kier alpha value is -0.770. The van der Waals surface area contributed by atoms with E-state index in [0.717, 1.165) is 27.5 Å². The van der Waals surface area contributed by atoms with Crippen LogP contribution in [0.1, 0.15) is 23.6 Å². The van der Waals surface area contributed by atoms with E-state index in [1.54, 1.807) is 0 Å². The molecule has 1 aromatic rings. The zero-order valence-electron chi connectivity index (χ0n) is 11.3. The Kier molecular flexibility index (Phi) is 5.93. The number of hydrogen-bond acceptors (Lipinski definition) is 3. The number of rotatable bonds is 6. The molecule has 1 atom stereocenters. The van der Waals surface area contributed by atoms with Crippen LogP contribution in [0.3, 0.4) is 0 Å². The predicted octanol–water partition coefficient (Wildman–Crippen LogP) is 2.47. The van der Waals surface area contributed by atoms with Crippen molar-refractivity contribution in [2.24, 2.45) is 11.7 Å². The van der Waals surface area contributed by atoms with Gasteiger partial charge in [-0.1, -0.05) is 11.6 Å². The van der Waals surface area contributed by atoms with Gasteiger partial charge in [-0.3, -0.25) is 0 Å². The fourth-order valence-electron chi connectivity index (χ4n) is 2.02. The highest BCUT2D eigenvalue weighted by Gasteiger charge is 2.17. The molecular formula is C14H22ClNO2. The SMILES string of the molecule is CCOc1c(C)cc(Cl)c(C)c1CC(CN)CO. The maximum atomic E-state index is 9.28. The average molecular weight is 272 g/mol. The Morgan fingerprint density at radius 2 is 2.11 bits per heavy atom. The fourth-order valence-corrected chi connectivity index (χ4v) is 2.30. The van der Waals surface area contributed by atoms with Crippen LogP contribution in [0.25, 0.3) is 0 Å². The molecule has 102 valence electrons. The smallest absolute Gasteiger partial charge is 0.125 e. The lowest BCUT2D eigenvalue weighted by atomic mass is 9.94. The minimum absolute atomic E-state index is 0.0424. The lowest BCUT2D eigenvalue weighted by Gasteiger charge is -2.20. The van der Waals surface area contributed by atoms with Crippen LogP contribution >= 0.6 is 11.6 Å². The van der Waals surface area contributed by atoms with Crippen LogP contribution in [0.4, 0.5) is 0 Å². The van der Waals surface area contributed by atoms with Gasteiger partial charge >= 0.3 is 0 Å². The van der Waals surface area contributed by atoms with Gasteiger partial charge in [-0.2, -0.15) is 0 Å². The molecule has 3 N–H and O–H groups in total. The molecule has 0 aliphatic rings. The molecule has 1 aromatic carbocycles. The first-order chi connectivity index (χ1) is 8.54. The summed E-state index contributed by atoms with van der Waals surface area (Å²) in [5, 5.41) is 10.0. The van der Waals surface area contributed by atoms with E-state index < -0.39 is 0 Å². The number of aliphatic hydroxyl groups is 1. The first-order valence-electron chi connectivity index (χ1n) is 6.27. The Balaban J connectivity index is 3.20. The minimum Gasteiger partial charge on any atom is -0.493 e. The number of hydrogen-bond donors (Lipinski definition) is 2. The molecule has 0 heterocycles. The predicted molar refractivity (Wildman–Crippen MR) is 75.4 cm³/mol. The van der Waals surface area contributed by atoms with E-state index >= 15 is 0 Å². The van der Waals surface area contributed by atoms with Crippen molar-refractivity contribution in [2.45, 2.75) is 27.2 Å².